The quantitative estimate of drug-likeness (QED) is 0.619. The van der Waals surface area contributed by atoms with Gasteiger partial charge in [0, 0.05) is 24.9 Å². The average Bonchev–Trinajstić information content (AvgIpc) is 2.20. The Bertz CT molecular complexity index is 338. The molecule has 0 saturated heterocycles. The first-order chi connectivity index (χ1) is 7.44. The molecule has 1 heterocycles. The maximum absolute atomic E-state index is 12.1. The molecular formula is C10H14F3N3. The Balaban J connectivity index is 2.72. The van der Waals surface area contributed by atoms with Crippen molar-refractivity contribution in [3.05, 3.63) is 29.6 Å². The lowest BCUT2D eigenvalue weighted by Crippen LogP contribution is -2.29. The lowest BCUT2D eigenvalue weighted by molar-refractivity contribution is -0.136. The lowest BCUT2D eigenvalue weighted by atomic mass is 10.0. The van der Waals surface area contributed by atoms with Crippen LogP contribution in [0.4, 0.5) is 13.2 Å². The molecule has 1 atom stereocenters. The summed E-state index contributed by atoms with van der Waals surface area (Å²) in [6.45, 7) is 1.81. The van der Waals surface area contributed by atoms with E-state index in [9.17, 15) is 13.2 Å². The van der Waals surface area contributed by atoms with Gasteiger partial charge in [-0.2, -0.15) is 13.2 Å². The Hall–Kier alpha value is -1.14. The molecule has 0 radical (unpaired) electrons. The molecular weight excluding hydrogens is 219 g/mol. The van der Waals surface area contributed by atoms with Crippen LogP contribution in [0.15, 0.2) is 18.5 Å². The number of alkyl halides is 3. The van der Waals surface area contributed by atoms with Gasteiger partial charge in [-0.05, 0) is 30.5 Å². The Morgan fingerprint density at radius 2 is 2.19 bits per heavy atom. The molecule has 3 nitrogen and oxygen atoms in total. The molecule has 0 aliphatic rings. The first kappa shape index (κ1) is 12.9. The smallest absolute Gasteiger partial charge is 0.271 e. The van der Waals surface area contributed by atoms with Gasteiger partial charge in [0.2, 0.25) is 0 Å². The number of halogens is 3. The second kappa shape index (κ2) is 5.27. The number of nitrogens with two attached hydrogens (primary N) is 1. The summed E-state index contributed by atoms with van der Waals surface area (Å²) in [4.78, 5) is 3.88. The highest BCUT2D eigenvalue weighted by Crippen LogP contribution is 2.27. The van der Waals surface area contributed by atoms with E-state index in [2.05, 4.69) is 10.4 Å². The number of aryl methyl sites for hydroxylation is 1. The van der Waals surface area contributed by atoms with Gasteiger partial charge in [0.25, 0.3) is 0 Å². The maximum atomic E-state index is 12.1. The van der Waals surface area contributed by atoms with Crippen molar-refractivity contribution in [1.29, 1.82) is 0 Å². The third-order valence-corrected chi connectivity index (χ3v) is 2.37. The minimum atomic E-state index is -4.16. The molecule has 0 bridgehead atoms. The van der Waals surface area contributed by atoms with E-state index in [-0.39, 0.29) is 6.42 Å². The molecule has 0 amide bonds. The summed E-state index contributed by atoms with van der Waals surface area (Å²) in [6.07, 6.45) is -1.99. The van der Waals surface area contributed by atoms with Gasteiger partial charge in [-0.25, -0.2) is 0 Å². The molecule has 0 spiro atoms. The van der Waals surface area contributed by atoms with Crippen LogP contribution in [0.3, 0.4) is 0 Å². The van der Waals surface area contributed by atoms with Crippen LogP contribution < -0.4 is 11.3 Å². The first-order valence-corrected chi connectivity index (χ1v) is 4.87. The van der Waals surface area contributed by atoms with Crippen molar-refractivity contribution >= 4 is 0 Å². The number of hydrogen-bond donors (Lipinski definition) is 2. The number of hydrogen-bond acceptors (Lipinski definition) is 3. The molecule has 90 valence electrons. The topological polar surface area (TPSA) is 50.9 Å². The summed E-state index contributed by atoms with van der Waals surface area (Å²) in [7, 11) is 0. The van der Waals surface area contributed by atoms with Crippen LogP contribution >= 0.6 is 0 Å². The number of nitrogens with one attached hydrogen (secondary N) is 1. The minimum Gasteiger partial charge on any atom is -0.271 e. The normalized spacial score (nSPS) is 13.8. The van der Waals surface area contributed by atoms with E-state index < -0.39 is 18.6 Å². The SMILES string of the molecule is Cc1ccncc1C(CCC(F)(F)F)NN. The van der Waals surface area contributed by atoms with Crippen molar-refractivity contribution in [2.24, 2.45) is 5.84 Å². The van der Waals surface area contributed by atoms with Gasteiger partial charge in [-0.3, -0.25) is 16.3 Å². The molecule has 0 aromatic carbocycles. The van der Waals surface area contributed by atoms with Gasteiger partial charge in [-0.1, -0.05) is 0 Å². The summed E-state index contributed by atoms with van der Waals surface area (Å²) < 4.78 is 36.3. The largest absolute Gasteiger partial charge is 0.389 e. The highest BCUT2D eigenvalue weighted by atomic mass is 19.4. The van der Waals surface area contributed by atoms with Gasteiger partial charge in [0.15, 0.2) is 0 Å². The third kappa shape index (κ3) is 3.79. The Kier molecular flexibility index (Phi) is 4.26. The molecule has 1 unspecified atom stereocenters. The number of rotatable bonds is 4. The highest BCUT2D eigenvalue weighted by molar-refractivity contribution is 5.24. The third-order valence-electron chi connectivity index (χ3n) is 2.37. The zero-order valence-corrected chi connectivity index (χ0v) is 8.88. The molecule has 0 aliphatic carbocycles. The molecule has 0 saturated carbocycles. The van der Waals surface area contributed by atoms with Crippen LogP contribution in [0.2, 0.25) is 0 Å². The van der Waals surface area contributed by atoms with Crippen LogP contribution in [-0.2, 0) is 0 Å². The lowest BCUT2D eigenvalue weighted by Gasteiger charge is -2.18. The fourth-order valence-corrected chi connectivity index (χ4v) is 1.48. The number of pyridine rings is 1. The van der Waals surface area contributed by atoms with E-state index in [1.165, 1.54) is 6.20 Å². The van der Waals surface area contributed by atoms with Crippen molar-refractivity contribution in [3.8, 4) is 0 Å². The molecule has 3 N–H and O–H groups in total. The summed E-state index contributed by atoms with van der Waals surface area (Å²) >= 11 is 0. The van der Waals surface area contributed by atoms with Gasteiger partial charge >= 0.3 is 6.18 Å². The van der Waals surface area contributed by atoms with Crippen LogP contribution in [0, 0.1) is 6.92 Å². The summed E-state index contributed by atoms with van der Waals surface area (Å²) in [5, 5.41) is 0. The van der Waals surface area contributed by atoms with Crippen LogP contribution in [0.5, 0.6) is 0 Å². The van der Waals surface area contributed by atoms with E-state index in [0.29, 0.717) is 5.56 Å². The van der Waals surface area contributed by atoms with Gasteiger partial charge in [-0.15, -0.1) is 0 Å². The highest BCUT2D eigenvalue weighted by Gasteiger charge is 2.28. The van der Waals surface area contributed by atoms with Crippen molar-refractivity contribution in [1.82, 2.24) is 10.4 Å². The predicted octanol–water partition coefficient (Wildman–Crippen LogP) is 2.24. The summed E-state index contributed by atoms with van der Waals surface area (Å²) in [6, 6.07) is 1.23. The second-order valence-electron chi connectivity index (χ2n) is 3.61. The number of hydrazine groups is 1. The first-order valence-electron chi connectivity index (χ1n) is 4.87. The van der Waals surface area contributed by atoms with E-state index in [4.69, 9.17) is 5.84 Å². The maximum Gasteiger partial charge on any atom is 0.389 e. The molecule has 0 aliphatic heterocycles. The monoisotopic (exact) mass is 233 g/mol. The number of aromatic nitrogens is 1. The Labute approximate surface area is 91.8 Å². The van der Waals surface area contributed by atoms with Crippen LogP contribution in [0.25, 0.3) is 0 Å². The molecule has 1 aromatic heterocycles. The molecule has 0 fully saturated rings. The molecule has 1 aromatic rings. The van der Waals surface area contributed by atoms with Crippen molar-refractivity contribution < 1.29 is 13.2 Å². The molecule has 16 heavy (non-hydrogen) atoms. The average molecular weight is 233 g/mol. The van der Waals surface area contributed by atoms with Gasteiger partial charge in [0.1, 0.15) is 0 Å². The van der Waals surface area contributed by atoms with E-state index in [1.807, 2.05) is 6.92 Å². The second-order valence-corrected chi connectivity index (χ2v) is 3.61. The standard InChI is InChI=1S/C10H14F3N3/c1-7-3-5-15-6-8(7)9(16-14)2-4-10(11,12)13/h3,5-6,9,16H,2,4,14H2,1H3. The van der Waals surface area contributed by atoms with E-state index in [1.54, 1.807) is 12.3 Å². The Morgan fingerprint density at radius 3 is 2.69 bits per heavy atom. The zero-order chi connectivity index (χ0) is 12.2. The van der Waals surface area contributed by atoms with Crippen LogP contribution in [-0.4, -0.2) is 11.2 Å². The van der Waals surface area contributed by atoms with Crippen molar-refractivity contribution in [2.45, 2.75) is 32.0 Å². The predicted molar refractivity (Wildman–Crippen MR) is 54.3 cm³/mol. The molecule has 1 rings (SSSR count). The van der Waals surface area contributed by atoms with Crippen LogP contribution in [0.1, 0.15) is 30.0 Å². The van der Waals surface area contributed by atoms with E-state index in [0.717, 1.165) is 5.56 Å². The fourth-order valence-electron chi connectivity index (χ4n) is 1.48. The van der Waals surface area contributed by atoms with Crippen molar-refractivity contribution in [3.63, 3.8) is 0 Å². The summed E-state index contributed by atoms with van der Waals surface area (Å²) in [5.74, 6) is 5.26. The van der Waals surface area contributed by atoms with E-state index >= 15 is 0 Å². The zero-order valence-electron chi connectivity index (χ0n) is 8.88. The van der Waals surface area contributed by atoms with Gasteiger partial charge < -0.3 is 0 Å². The fraction of sp³-hybridized carbons (Fsp3) is 0.500. The summed E-state index contributed by atoms with van der Waals surface area (Å²) in [5.41, 5.74) is 3.97. The Morgan fingerprint density at radius 1 is 1.50 bits per heavy atom. The number of nitrogens with zero attached hydrogens (tertiary/aromatic N) is 1. The minimum absolute atomic E-state index is 0.0907. The van der Waals surface area contributed by atoms with Crippen molar-refractivity contribution in [2.75, 3.05) is 0 Å². The van der Waals surface area contributed by atoms with Gasteiger partial charge in [0.05, 0.1) is 0 Å². The molecule has 6 heteroatoms.